The molecule has 2 aliphatic rings. The first-order chi connectivity index (χ1) is 17.0. The van der Waals surface area contributed by atoms with Crippen LogP contribution < -0.4 is 14.7 Å². The van der Waals surface area contributed by atoms with Crippen molar-refractivity contribution in [3.8, 4) is 5.75 Å². The van der Waals surface area contributed by atoms with Gasteiger partial charge in [0.1, 0.15) is 11.7 Å². The molecule has 0 radical (unpaired) electrons. The van der Waals surface area contributed by atoms with Gasteiger partial charge in [0.25, 0.3) is 11.6 Å². The van der Waals surface area contributed by atoms with E-state index in [2.05, 4.69) is 0 Å². The van der Waals surface area contributed by atoms with Crippen LogP contribution in [0.4, 0.5) is 17.1 Å². The lowest BCUT2D eigenvalue weighted by Crippen LogP contribution is -2.37. The molecule has 3 aromatic carbocycles. The Kier molecular flexibility index (Phi) is 5.92. The molecule has 0 N–H and O–H groups in total. The van der Waals surface area contributed by atoms with Crippen molar-refractivity contribution in [2.45, 2.75) is 25.5 Å². The number of amides is 2. The zero-order valence-electron chi connectivity index (χ0n) is 18.9. The van der Waals surface area contributed by atoms with E-state index in [0.29, 0.717) is 29.3 Å². The minimum absolute atomic E-state index is 0.0590. The molecule has 3 atom stereocenters. The first-order valence-electron chi connectivity index (χ1n) is 11.4. The van der Waals surface area contributed by atoms with Crippen LogP contribution in [0.15, 0.2) is 78.9 Å². The van der Waals surface area contributed by atoms with Gasteiger partial charge in [0.05, 0.1) is 28.9 Å². The van der Waals surface area contributed by atoms with Crippen molar-refractivity contribution in [1.29, 1.82) is 0 Å². The standard InChI is InChI=1S/C26H23N3O6/c1-2-16-34-21-14-12-18(13-15-21)27-25(30)22-23(17-8-10-20(11-9-17)29(32)33)28(35-24(22)26(27)31)19-6-4-3-5-7-19/h3-15,22-24H,2,16H2,1H3/t22-,23+,24-/m1/s1. The van der Waals surface area contributed by atoms with Crippen LogP contribution in [0.5, 0.6) is 5.75 Å². The number of non-ortho nitro benzene ring substituents is 1. The van der Waals surface area contributed by atoms with Gasteiger partial charge >= 0.3 is 0 Å². The van der Waals surface area contributed by atoms with Gasteiger partial charge in [-0.1, -0.05) is 37.3 Å². The minimum Gasteiger partial charge on any atom is -0.494 e. The monoisotopic (exact) mass is 473 g/mol. The number of nitrogens with zero attached hydrogens (tertiary/aromatic N) is 3. The van der Waals surface area contributed by atoms with Gasteiger partial charge in [0.15, 0.2) is 6.10 Å². The molecule has 0 unspecified atom stereocenters. The molecule has 2 amide bonds. The Morgan fingerprint density at radius 2 is 1.60 bits per heavy atom. The van der Waals surface area contributed by atoms with Crippen LogP contribution in [0.25, 0.3) is 0 Å². The average molecular weight is 473 g/mol. The third-order valence-electron chi connectivity index (χ3n) is 6.14. The minimum atomic E-state index is -1.01. The lowest BCUT2D eigenvalue weighted by Gasteiger charge is -2.28. The fraction of sp³-hybridized carbons (Fsp3) is 0.231. The Labute approximate surface area is 201 Å². The van der Waals surface area contributed by atoms with Gasteiger partial charge < -0.3 is 4.74 Å². The van der Waals surface area contributed by atoms with Crippen LogP contribution >= 0.6 is 0 Å². The summed E-state index contributed by atoms with van der Waals surface area (Å²) in [7, 11) is 0. The first kappa shape index (κ1) is 22.5. The topological polar surface area (TPSA) is 102 Å². The Hall–Kier alpha value is -4.24. The zero-order chi connectivity index (χ0) is 24.5. The third-order valence-corrected chi connectivity index (χ3v) is 6.14. The molecule has 0 bridgehead atoms. The number of anilines is 2. The second-order valence-electron chi connectivity index (χ2n) is 8.36. The average Bonchev–Trinajstić information content (AvgIpc) is 3.39. The Bertz CT molecular complexity index is 1250. The second-order valence-corrected chi connectivity index (χ2v) is 8.36. The largest absolute Gasteiger partial charge is 0.494 e. The fourth-order valence-electron chi connectivity index (χ4n) is 4.51. The third kappa shape index (κ3) is 4.00. The molecule has 3 aromatic rings. The van der Waals surface area contributed by atoms with E-state index in [1.54, 1.807) is 41.5 Å². The summed E-state index contributed by atoms with van der Waals surface area (Å²) in [6.45, 7) is 2.58. The summed E-state index contributed by atoms with van der Waals surface area (Å²) in [4.78, 5) is 44.9. The number of hydrogen-bond acceptors (Lipinski definition) is 7. The van der Waals surface area contributed by atoms with Gasteiger partial charge in [-0.05, 0) is 48.4 Å². The van der Waals surface area contributed by atoms with Crippen LogP contribution in [-0.2, 0) is 14.4 Å². The maximum Gasteiger partial charge on any atom is 0.269 e. The molecule has 2 heterocycles. The lowest BCUT2D eigenvalue weighted by molar-refractivity contribution is -0.384. The van der Waals surface area contributed by atoms with Crippen LogP contribution in [0.2, 0.25) is 0 Å². The number of nitro benzene ring substituents is 1. The van der Waals surface area contributed by atoms with E-state index in [1.807, 2.05) is 37.3 Å². The number of hydroxylamine groups is 1. The zero-order valence-corrected chi connectivity index (χ0v) is 18.9. The molecule has 9 nitrogen and oxygen atoms in total. The number of para-hydroxylation sites is 1. The highest BCUT2D eigenvalue weighted by molar-refractivity contribution is 6.23. The smallest absolute Gasteiger partial charge is 0.269 e. The van der Waals surface area contributed by atoms with Crippen molar-refractivity contribution in [3.63, 3.8) is 0 Å². The molecule has 2 fully saturated rings. The highest BCUT2D eigenvalue weighted by atomic mass is 16.7. The number of ether oxygens (including phenoxy) is 1. The van der Waals surface area contributed by atoms with Crippen LogP contribution in [-0.4, -0.2) is 29.4 Å². The number of fused-ring (bicyclic) bond motifs is 1. The summed E-state index contributed by atoms with van der Waals surface area (Å²) in [6.07, 6.45) is -0.146. The summed E-state index contributed by atoms with van der Waals surface area (Å²) < 4.78 is 5.60. The van der Waals surface area contributed by atoms with Gasteiger partial charge in [0, 0.05) is 12.1 Å². The highest BCUT2D eigenvalue weighted by Crippen LogP contribution is 2.47. The van der Waals surface area contributed by atoms with E-state index in [4.69, 9.17) is 9.57 Å². The summed E-state index contributed by atoms with van der Waals surface area (Å²) in [5.41, 5.74) is 1.69. The van der Waals surface area contributed by atoms with E-state index in [9.17, 15) is 19.7 Å². The summed E-state index contributed by atoms with van der Waals surface area (Å²) in [5.74, 6) is -0.998. The maximum atomic E-state index is 13.6. The Morgan fingerprint density at radius 3 is 2.23 bits per heavy atom. The first-order valence-corrected chi connectivity index (χ1v) is 11.4. The van der Waals surface area contributed by atoms with Crippen molar-refractivity contribution < 1.29 is 24.1 Å². The van der Waals surface area contributed by atoms with Crippen LogP contribution in [0.3, 0.4) is 0 Å². The number of carbonyl (C=O) groups is 2. The van der Waals surface area contributed by atoms with E-state index in [1.165, 1.54) is 12.1 Å². The predicted molar refractivity (Wildman–Crippen MR) is 128 cm³/mol. The molecule has 0 aliphatic carbocycles. The van der Waals surface area contributed by atoms with Crippen molar-refractivity contribution in [2.24, 2.45) is 5.92 Å². The molecule has 5 rings (SSSR count). The lowest BCUT2D eigenvalue weighted by atomic mass is 9.90. The highest BCUT2D eigenvalue weighted by Gasteiger charge is 2.60. The summed E-state index contributed by atoms with van der Waals surface area (Å²) in [5, 5.41) is 12.7. The van der Waals surface area contributed by atoms with Crippen molar-refractivity contribution in [3.05, 3.63) is 94.5 Å². The fourth-order valence-corrected chi connectivity index (χ4v) is 4.51. The van der Waals surface area contributed by atoms with Crippen molar-refractivity contribution in [2.75, 3.05) is 16.6 Å². The molecule has 0 spiro atoms. The number of rotatable bonds is 7. The molecular formula is C26H23N3O6. The summed E-state index contributed by atoms with van der Waals surface area (Å²) in [6, 6.07) is 21.3. The molecule has 178 valence electrons. The summed E-state index contributed by atoms with van der Waals surface area (Å²) >= 11 is 0. The normalized spacial score (nSPS) is 21.3. The van der Waals surface area contributed by atoms with Crippen molar-refractivity contribution >= 4 is 28.9 Å². The number of carbonyl (C=O) groups excluding carboxylic acids is 2. The van der Waals surface area contributed by atoms with Crippen LogP contribution in [0.1, 0.15) is 24.9 Å². The Balaban J connectivity index is 1.50. The van der Waals surface area contributed by atoms with Gasteiger partial charge in [0.2, 0.25) is 5.91 Å². The van der Waals surface area contributed by atoms with Gasteiger partial charge in [-0.25, -0.2) is 9.96 Å². The van der Waals surface area contributed by atoms with E-state index < -0.39 is 28.9 Å². The number of benzene rings is 3. The molecule has 0 aromatic heterocycles. The number of imide groups is 1. The number of hydrogen-bond donors (Lipinski definition) is 0. The Morgan fingerprint density at radius 1 is 0.914 bits per heavy atom. The van der Waals surface area contributed by atoms with Crippen LogP contribution in [0, 0.1) is 16.0 Å². The van der Waals surface area contributed by atoms with Gasteiger partial charge in [-0.15, -0.1) is 0 Å². The molecule has 2 saturated heterocycles. The second kappa shape index (κ2) is 9.19. The molecule has 0 saturated carbocycles. The predicted octanol–water partition coefficient (Wildman–Crippen LogP) is 4.43. The maximum absolute atomic E-state index is 13.6. The molecule has 35 heavy (non-hydrogen) atoms. The molecule has 2 aliphatic heterocycles. The molecule has 9 heteroatoms. The van der Waals surface area contributed by atoms with Gasteiger partial charge in [-0.2, -0.15) is 0 Å². The van der Waals surface area contributed by atoms with E-state index in [-0.39, 0.29) is 11.6 Å². The SMILES string of the molecule is CCCOc1ccc(N2C(=O)[C@H]3[C@@H](ON(c4ccccc4)[C@H]3c3ccc([N+](=O)[O-])cc3)C2=O)cc1. The van der Waals surface area contributed by atoms with E-state index >= 15 is 0 Å². The van der Waals surface area contributed by atoms with Gasteiger partial charge in [-0.3, -0.25) is 24.5 Å². The van der Waals surface area contributed by atoms with E-state index in [0.717, 1.165) is 11.3 Å². The van der Waals surface area contributed by atoms with Crippen molar-refractivity contribution in [1.82, 2.24) is 0 Å². The molecular weight excluding hydrogens is 450 g/mol. The number of nitro groups is 1. The quantitative estimate of drug-likeness (QED) is 0.284.